The van der Waals surface area contributed by atoms with E-state index in [0.29, 0.717) is 5.76 Å². The second kappa shape index (κ2) is 5.37. The molecule has 2 aromatic rings. The predicted molar refractivity (Wildman–Crippen MR) is 82.8 cm³/mol. The lowest BCUT2D eigenvalue weighted by molar-refractivity contribution is 0.403. The van der Waals surface area contributed by atoms with Crippen molar-refractivity contribution in [3.05, 3.63) is 72.0 Å². The van der Waals surface area contributed by atoms with Gasteiger partial charge in [-0.1, -0.05) is 18.7 Å². The summed E-state index contributed by atoms with van der Waals surface area (Å²) >= 11 is 0. The number of allylic oxidation sites excluding steroid dienone is 1. The molecule has 1 aliphatic heterocycles. The molecule has 3 nitrogen and oxygen atoms in total. The van der Waals surface area contributed by atoms with Gasteiger partial charge in [0.2, 0.25) is 0 Å². The SMILES string of the molecule is C=C1C=C(c2ccc(OC)cc2)c2ccc(OC)cc2O1. The third-order valence-electron chi connectivity index (χ3n) is 3.43. The Morgan fingerprint density at radius 2 is 1.57 bits per heavy atom. The summed E-state index contributed by atoms with van der Waals surface area (Å²) in [5, 5.41) is 0. The van der Waals surface area contributed by atoms with E-state index in [0.717, 1.165) is 33.9 Å². The lowest BCUT2D eigenvalue weighted by Crippen LogP contribution is -2.03. The first-order valence-corrected chi connectivity index (χ1v) is 6.62. The molecular formula is C18H16O3. The molecule has 0 saturated carbocycles. The summed E-state index contributed by atoms with van der Waals surface area (Å²) in [6.07, 6.45) is 1.94. The Balaban J connectivity index is 2.07. The van der Waals surface area contributed by atoms with Crippen LogP contribution in [0.1, 0.15) is 11.1 Å². The molecule has 1 aliphatic rings. The number of fused-ring (bicyclic) bond motifs is 1. The Kier molecular flexibility index (Phi) is 3.40. The lowest BCUT2D eigenvalue weighted by atomic mass is 9.94. The van der Waals surface area contributed by atoms with Crippen molar-refractivity contribution in [3.8, 4) is 17.2 Å². The minimum Gasteiger partial charge on any atom is -0.497 e. The van der Waals surface area contributed by atoms with Gasteiger partial charge in [0, 0.05) is 11.6 Å². The van der Waals surface area contributed by atoms with Crippen LogP contribution in [-0.2, 0) is 0 Å². The fraction of sp³-hybridized carbons (Fsp3) is 0.111. The van der Waals surface area contributed by atoms with Crippen molar-refractivity contribution in [1.29, 1.82) is 0 Å². The third-order valence-corrected chi connectivity index (χ3v) is 3.43. The minimum absolute atomic E-state index is 0.613. The smallest absolute Gasteiger partial charge is 0.138 e. The van der Waals surface area contributed by atoms with Crippen molar-refractivity contribution in [3.63, 3.8) is 0 Å². The maximum Gasteiger partial charge on any atom is 0.138 e. The summed E-state index contributed by atoms with van der Waals surface area (Å²) in [6.45, 7) is 3.91. The molecule has 2 aromatic carbocycles. The molecule has 0 aromatic heterocycles. The molecule has 0 N–H and O–H groups in total. The van der Waals surface area contributed by atoms with E-state index < -0.39 is 0 Å². The number of hydrogen-bond acceptors (Lipinski definition) is 3. The van der Waals surface area contributed by atoms with E-state index in [-0.39, 0.29) is 0 Å². The van der Waals surface area contributed by atoms with E-state index in [1.807, 2.05) is 48.5 Å². The average Bonchev–Trinajstić information content (AvgIpc) is 2.53. The van der Waals surface area contributed by atoms with Gasteiger partial charge in [0.05, 0.1) is 14.2 Å². The fourth-order valence-corrected chi connectivity index (χ4v) is 2.36. The Morgan fingerprint density at radius 1 is 0.905 bits per heavy atom. The zero-order valence-corrected chi connectivity index (χ0v) is 12.1. The van der Waals surface area contributed by atoms with Gasteiger partial charge in [0.15, 0.2) is 0 Å². The van der Waals surface area contributed by atoms with Crippen LogP contribution in [0.5, 0.6) is 17.2 Å². The summed E-state index contributed by atoms with van der Waals surface area (Å²) in [6, 6.07) is 13.7. The maximum absolute atomic E-state index is 5.70. The van der Waals surface area contributed by atoms with Gasteiger partial charge < -0.3 is 14.2 Å². The van der Waals surface area contributed by atoms with Crippen molar-refractivity contribution < 1.29 is 14.2 Å². The molecule has 1 heterocycles. The molecule has 21 heavy (non-hydrogen) atoms. The quantitative estimate of drug-likeness (QED) is 0.849. The van der Waals surface area contributed by atoms with Gasteiger partial charge in [-0.2, -0.15) is 0 Å². The normalized spacial score (nSPS) is 13.0. The molecule has 106 valence electrons. The lowest BCUT2D eigenvalue weighted by Gasteiger charge is -2.20. The van der Waals surface area contributed by atoms with Crippen molar-refractivity contribution >= 4 is 5.57 Å². The van der Waals surface area contributed by atoms with Crippen LogP contribution in [0.15, 0.2) is 60.9 Å². The molecule has 0 bridgehead atoms. The van der Waals surface area contributed by atoms with Gasteiger partial charge >= 0.3 is 0 Å². The molecular weight excluding hydrogens is 264 g/mol. The summed E-state index contributed by atoms with van der Waals surface area (Å²) in [5.74, 6) is 2.96. The molecule has 0 fully saturated rings. The summed E-state index contributed by atoms with van der Waals surface area (Å²) in [5.41, 5.74) is 3.19. The molecule has 0 spiro atoms. The van der Waals surface area contributed by atoms with Crippen LogP contribution in [0.4, 0.5) is 0 Å². The minimum atomic E-state index is 0.613. The Morgan fingerprint density at radius 3 is 2.24 bits per heavy atom. The van der Waals surface area contributed by atoms with Gasteiger partial charge in [-0.25, -0.2) is 0 Å². The van der Waals surface area contributed by atoms with E-state index in [1.54, 1.807) is 14.2 Å². The first-order valence-electron chi connectivity index (χ1n) is 6.62. The molecule has 3 rings (SSSR count). The van der Waals surface area contributed by atoms with E-state index in [1.165, 1.54) is 0 Å². The molecule has 0 aliphatic carbocycles. The monoisotopic (exact) mass is 280 g/mol. The second-order valence-electron chi connectivity index (χ2n) is 4.72. The Bertz CT molecular complexity index is 712. The average molecular weight is 280 g/mol. The van der Waals surface area contributed by atoms with Crippen LogP contribution < -0.4 is 14.2 Å². The number of hydrogen-bond donors (Lipinski definition) is 0. The molecule has 0 amide bonds. The van der Waals surface area contributed by atoms with Crippen molar-refractivity contribution in [2.45, 2.75) is 0 Å². The maximum atomic E-state index is 5.70. The number of benzene rings is 2. The van der Waals surface area contributed by atoms with Gasteiger partial charge in [0.1, 0.15) is 23.0 Å². The summed E-state index contributed by atoms with van der Waals surface area (Å²) in [4.78, 5) is 0. The second-order valence-corrected chi connectivity index (χ2v) is 4.72. The molecule has 0 unspecified atom stereocenters. The highest BCUT2D eigenvalue weighted by atomic mass is 16.5. The summed E-state index contributed by atoms with van der Waals surface area (Å²) < 4.78 is 16.1. The van der Waals surface area contributed by atoms with E-state index in [2.05, 4.69) is 6.58 Å². The molecule has 0 atom stereocenters. The van der Waals surface area contributed by atoms with E-state index in [4.69, 9.17) is 14.2 Å². The molecule has 0 saturated heterocycles. The van der Waals surface area contributed by atoms with Crippen LogP contribution in [0, 0.1) is 0 Å². The number of rotatable bonds is 3. The Labute approximate surface area is 124 Å². The first-order chi connectivity index (χ1) is 10.2. The zero-order valence-electron chi connectivity index (χ0n) is 12.1. The van der Waals surface area contributed by atoms with Gasteiger partial charge in [-0.05, 0) is 41.5 Å². The largest absolute Gasteiger partial charge is 0.497 e. The van der Waals surface area contributed by atoms with Gasteiger partial charge in [-0.15, -0.1) is 0 Å². The topological polar surface area (TPSA) is 27.7 Å². The van der Waals surface area contributed by atoms with Gasteiger partial charge in [-0.3, -0.25) is 0 Å². The zero-order chi connectivity index (χ0) is 14.8. The van der Waals surface area contributed by atoms with Gasteiger partial charge in [0.25, 0.3) is 0 Å². The summed E-state index contributed by atoms with van der Waals surface area (Å²) in [7, 11) is 3.30. The number of methoxy groups -OCH3 is 2. The molecule has 0 radical (unpaired) electrons. The third kappa shape index (κ3) is 2.50. The van der Waals surface area contributed by atoms with Crippen molar-refractivity contribution in [2.75, 3.05) is 14.2 Å². The highest BCUT2D eigenvalue weighted by Crippen LogP contribution is 2.39. The fourth-order valence-electron chi connectivity index (χ4n) is 2.36. The first kappa shape index (κ1) is 13.3. The van der Waals surface area contributed by atoms with E-state index in [9.17, 15) is 0 Å². The van der Waals surface area contributed by atoms with Crippen LogP contribution in [0.3, 0.4) is 0 Å². The molecule has 3 heteroatoms. The van der Waals surface area contributed by atoms with Crippen molar-refractivity contribution in [2.24, 2.45) is 0 Å². The standard InChI is InChI=1S/C18H16O3/c1-12-10-17(13-4-6-14(19-2)7-5-13)16-9-8-15(20-3)11-18(16)21-12/h4-11H,1H2,2-3H3. The van der Waals surface area contributed by atoms with Crippen LogP contribution in [0.2, 0.25) is 0 Å². The van der Waals surface area contributed by atoms with Crippen LogP contribution in [0.25, 0.3) is 5.57 Å². The predicted octanol–water partition coefficient (Wildman–Crippen LogP) is 4.04. The number of ether oxygens (including phenoxy) is 3. The van der Waals surface area contributed by atoms with Crippen LogP contribution in [-0.4, -0.2) is 14.2 Å². The van der Waals surface area contributed by atoms with Crippen LogP contribution >= 0.6 is 0 Å². The highest BCUT2D eigenvalue weighted by Gasteiger charge is 2.18. The van der Waals surface area contributed by atoms with E-state index >= 15 is 0 Å². The Hall–Kier alpha value is -2.68. The highest BCUT2D eigenvalue weighted by molar-refractivity contribution is 5.86. The van der Waals surface area contributed by atoms with Crippen molar-refractivity contribution in [1.82, 2.24) is 0 Å².